The minimum atomic E-state index is 0.341. The van der Waals surface area contributed by atoms with E-state index < -0.39 is 0 Å². The molecule has 4 nitrogen and oxygen atoms in total. The molecule has 1 fully saturated rings. The Balaban J connectivity index is 2.00. The fraction of sp³-hybridized carbons (Fsp3) is 0.538. The Kier molecular flexibility index (Phi) is 3.86. The third-order valence-electron chi connectivity index (χ3n) is 3.34. The molecule has 0 aromatic heterocycles. The van der Waals surface area contributed by atoms with Crippen LogP contribution in [0.1, 0.15) is 5.56 Å². The molecule has 94 valence electrons. The van der Waals surface area contributed by atoms with Crippen molar-refractivity contribution in [1.29, 1.82) is 0 Å². The van der Waals surface area contributed by atoms with Gasteiger partial charge in [0, 0.05) is 45.0 Å². The number of aryl methyl sites for hydroxylation is 1. The van der Waals surface area contributed by atoms with Crippen LogP contribution in [0.3, 0.4) is 0 Å². The first-order valence-electron chi connectivity index (χ1n) is 6.17. The van der Waals surface area contributed by atoms with Crippen molar-refractivity contribution in [2.45, 2.75) is 6.92 Å². The van der Waals surface area contributed by atoms with Crippen LogP contribution in [0.4, 0.5) is 5.69 Å². The Labute approximate surface area is 103 Å². The zero-order valence-corrected chi connectivity index (χ0v) is 10.4. The molecular weight excluding hydrogens is 214 g/mol. The summed E-state index contributed by atoms with van der Waals surface area (Å²) in [6.45, 7) is 7.97. The predicted molar refractivity (Wildman–Crippen MR) is 70.6 cm³/mol. The number of nitrogens with two attached hydrogens (primary N) is 1. The van der Waals surface area contributed by atoms with E-state index in [1.165, 1.54) is 5.69 Å². The van der Waals surface area contributed by atoms with Crippen LogP contribution in [-0.4, -0.2) is 49.3 Å². The highest BCUT2D eigenvalue weighted by molar-refractivity contribution is 5.55. The number of rotatable bonds is 3. The van der Waals surface area contributed by atoms with E-state index in [0.29, 0.717) is 5.75 Å². The Hall–Kier alpha value is -1.26. The lowest BCUT2D eigenvalue weighted by molar-refractivity contribution is 0.265. The van der Waals surface area contributed by atoms with Gasteiger partial charge in [-0.3, -0.25) is 4.90 Å². The maximum absolute atomic E-state index is 9.41. The molecular formula is C13H21N3O. The zero-order valence-electron chi connectivity index (χ0n) is 10.4. The highest BCUT2D eigenvalue weighted by Crippen LogP contribution is 2.24. The molecule has 0 atom stereocenters. The summed E-state index contributed by atoms with van der Waals surface area (Å²) in [5, 5.41) is 9.41. The van der Waals surface area contributed by atoms with Gasteiger partial charge in [0.05, 0.1) is 0 Å². The fourth-order valence-electron chi connectivity index (χ4n) is 2.39. The van der Waals surface area contributed by atoms with Gasteiger partial charge in [-0.2, -0.15) is 0 Å². The second-order valence-electron chi connectivity index (χ2n) is 4.59. The molecule has 0 bridgehead atoms. The molecule has 0 amide bonds. The largest absolute Gasteiger partial charge is 0.508 e. The number of piperazine rings is 1. The van der Waals surface area contributed by atoms with Crippen molar-refractivity contribution in [3.05, 3.63) is 23.8 Å². The zero-order chi connectivity index (χ0) is 12.3. The Bertz CT molecular complexity index is 373. The molecule has 1 aliphatic rings. The van der Waals surface area contributed by atoms with E-state index in [0.717, 1.165) is 44.8 Å². The fourth-order valence-corrected chi connectivity index (χ4v) is 2.39. The summed E-state index contributed by atoms with van der Waals surface area (Å²) in [6.07, 6.45) is 0. The minimum Gasteiger partial charge on any atom is -0.508 e. The topological polar surface area (TPSA) is 52.7 Å². The van der Waals surface area contributed by atoms with Gasteiger partial charge in [0.15, 0.2) is 0 Å². The second-order valence-corrected chi connectivity index (χ2v) is 4.59. The van der Waals surface area contributed by atoms with E-state index in [1.54, 1.807) is 6.07 Å². The van der Waals surface area contributed by atoms with E-state index in [2.05, 4.69) is 9.80 Å². The van der Waals surface area contributed by atoms with Gasteiger partial charge in [-0.25, -0.2) is 0 Å². The molecule has 2 rings (SSSR count). The normalized spacial score (nSPS) is 17.4. The Morgan fingerprint density at radius 2 is 1.94 bits per heavy atom. The van der Waals surface area contributed by atoms with E-state index >= 15 is 0 Å². The smallest absolute Gasteiger partial charge is 0.115 e. The standard InChI is InChI=1S/C13H21N3O/c1-11-10-12(17)2-3-13(11)16-8-6-15(5-4-14)7-9-16/h2-3,10,17H,4-9,14H2,1H3. The molecule has 1 heterocycles. The summed E-state index contributed by atoms with van der Waals surface area (Å²) >= 11 is 0. The summed E-state index contributed by atoms with van der Waals surface area (Å²) in [4.78, 5) is 4.77. The van der Waals surface area contributed by atoms with Gasteiger partial charge in [0.25, 0.3) is 0 Å². The number of aromatic hydroxyl groups is 1. The average molecular weight is 235 g/mol. The summed E-state index contributed by atoms with van der Waals surface area (Å²) in [5.74, 6) is 0.341. The van der Waals surface area contributed by atoms with Crippen LogP contribution in [0.5, 0.6) is 5.75 Å². The summed E-state index contributed by atoms with van der Waals surface area (Å²) in [5.41, 5.74) is 7.93. The lowest BCUT2D eigenvalue weighted by Gasteiger charge is -2.36. The predicted octanol–water partition coefficient (Wildman–Crippen LogP) is 0.781. The third kappa shape index (κ3) is 2.90. The van der Waals surface area contributed by atoms with Gasteiger partial charge in [0.2, 0.25) is 0 Å². The number of hydrogen-bond donors (Lipinski definition) is 2. The van der Waals surface area contributed by atoms with Crippen LogP contribution < -0.4 is 10.6 Å². The van der Waals surface area contributed by atoms with Gasteiger partial charge in [-0.15, -0.1) is 0 Å². The van der Waals surface area contributed by atoms with Crippen molar-refractivity contribution in [3.8, 4) is 5.75 Å². The van der Waals surface area contributed by atoms with Crippen LogP contribution in [-0.2, 0) is 0 Å². The molecule has 0 saturated carbocycles. The highest BCUT2D eigenvalue weighted by atomic mass is 16.3. The third-order valence-corrected chi connectivity index (χ3v) is 3.34. The van der Waals surface area contributed by atoms with E-state index in [9.17, 15) is 5.11 Å². The van der Waals surface area contributed by atoms with Gasteiger partial charge in [0.1, 0.15) is 5.75 Å². The van der Waals surface area contributed by atoms with Gasteiger partial charge < -0.3 is 15.7 Å². The SMILES string of the molecule is Cc1cc(O)ccc1N1CCN(CCN)CC1. The molecule has 1 aliphatic heterocycles. The molecule has 1 saturated heterocycles. The quantitative estimate of drug-likeness (QED) is 0.813. The number of nitrogens with zero attached hydrogens (tertiary/aromatic N) is 2. The van der Waals surface area contributed by atoms with Crippen molar-refractivity contribution in [3.63, 3.8) is 0 Å². The minimum absolute atomic E-state index is 0.341. The maximum atomic E-state index is 9.41. The maximum Gasteiger partial charge on any atom is 0.115 e. The van der Waals surface area contributed by atoms with Crippen LogP contribution in [0.2, 0.25) is 0 Å². The average Bonchev–Trinajstić information content (AvgIpc) is 2.31. The van der Waals surface area contributed by atoms with Crippen LogP contribution >= 0.6 is 0 Å². The highest BCUT2D eigenvalue weighted by Gasteiger charge is 2.17. The van der Waals surface area contributed by atoms with Crippen molar-refractivity contribution in [2.24, 2.45) is 5.73 Å². The monoisotopic (exact) mass is 235 g/mol. The molecule has 0 radical (unpaired) electrons. The lowest BCUT2D eigenvalue weighted by Crippen LogP contribution is -2.47. The Morgan fingerprint density at radius 3 is 2.53 bits per heavy atom. The number of phenolic OH excluding ortho intramolecular Hbond substituents is 1. The first-order chi connectivity index (χ1) is 8.20. The van der Waals surface area contributed by atoms with Gasteiger partial charge >= 0.3 is 0 Å². The number of benzene rings is 1. The number of hydrogen-bond acceptors (Lipinski definition) is 4. The molecule has 1 aromatic rings. The molecule has 1 aromatic carbocycles. The number of phenols is 1. The van der Waals surface area contributed by atoms with Crippen molar-refractivity contribution in [1.82, 2.24) is 4.90 Å². The first-order valence-corrected chi connectivity index (χ1v) is 6.17. The lowest BCUT2D eigenvalue weighted by atomic mass is 10.1. The summed E-state index contributed by atoms with van der Waals surface area (Å²) in [6, 6.07) is 5.58. The van der Waals surface area contributed by atoms with Crippen LogP contribution in [0.25, 0.3) is 0 Å². The van der Waals surface area contributed by atoms with Crippen molar-refractivity contribution in [2.75, 3.05) is 44.2 Å². The van der Waals surface area contributed by atoms with Crippen LogP contribution in [0, 0.1) is 6.92 Å². The molecule has 0 aliphatic carbocycles. The number of anilines is 1. The van der Waals surface area contributed by atoms with Gasteiger partial charge in [-0.05, 0) is 30.7 Å². The van der Waals surface area contributed by atoms with Gasteiger partial charge in [-0.1, -0.05) is 0 Å². The summed E-state index contributed by atoms with van der Waals surface area (Å²) in [7, 11) is 0. The molecule has 17 heavy (non-hydrogen) atoms. The Morgan fingerprint density at radius 1 is 1.24 bits per heavy atom. The molecule has 3 N–H and O–H groups in total. The molecule has 0 unspecified atom stereocenters. The van der Waals surface area contributed by atoms with E-state index in [1.807, 2.05) is 19.1 Å². The molecule has 0 spiro atoms. The summed E-state index contributed by atoms with van der Waals surface area (Å²) < 4.78 is 0. The van der Waals surface area contributed by atoms with E-state index in [-0.39, 0.29) is 0 Å². The molecule has 4 heteroatoms. The first kappa shape index (κ1) is 12.2. The van der Waals surface area contributed by atoms with Crippen molar-refractivity contribution >= 4 is 5.69 Å². The van der Waals surface area contributed by atoms with Crippen LogP contribution in [0.15, 0.2) is 18.2 Å². The van der Waals surface area contributed by atoms with Crippen molar-refractivity contribution < 1.29 is 5.11 Å². The second kappa shape index (κ2) is 5.38. The van der Waals surface area contributed by atoms with E-state index in [4.69, 9.17) is 5.73 Å².